The lowest BCUT2D eigenvalue weighted by Crippen LogP contribution is -2.35. The lowest BCUT2D eigenvalue weighted by Gasteiger charge is -2.04. The van der Waals surface area contributed by atoms with Crippen molar-refractivity contribution in [1.29, 1.82) is 0 Å². The first-order valence-corrected chi connectivity index (χ1v) is 7.07. The molecule has 1 aromatic carbocycles. The zero-order valence-electron chi connectivity index (χ0n) is 12.3. The Morgan fingerprint density at radius 2 is 2.00 bits per heavy atom. The van der Waals surface area contributed by atoms with Crippen molar-refractivity contribution in [3.8, 4) is 0 Å². The third-order valence-corrected chi connectivity index (χ3v) is 3.12. The van der Waals surface area contributed by atoms with Crippen LogP contribution in [0.3, 0.4) is 0 Å². The summed E-state index contributed by atoms with van der Waals surface area (Å²) in [4.78, 5) is 22.4. The molecule has 1 heterocycles. The fourth-order valence-corrected chi connectivity index (χ4v) is 2.16. The van der Waals surface area contributed by atoms with Crippen LogP contribution in [0.15, 0.2) is 24.3 Å². The summed E-state index contributed by atoms with van der Waals surface area (Å²) in [6, 6.07) is 7.97. The number of nitrogens with zero attached hydrogens (tertiary/aromatic N) is 2. The maximum atomic E-state index is 11.6. The molecule has 6 heteroatoms. The van der Waals surface area contributed by atoms with Gasteiger partial charge in [0.1, 0.15) is 0 Å². The number of carbonyl (C=O) groups is 2. The van der Waals surface area contributed by atoms with Gasteiger partial charge < -0.3 is 10.6 Å². The predicted octanol–water partition coefficient (Wildman–Crippen LogP) is 1.20. The van der Waals surface area contributed by atoms with Crippen molar-refractivity contribution in [2.24, 2.45) is 0 Å². The molecule has 1 aromatic heterocycles. The molecule has 0 unspecified atom stereocenters. The topological polar surface area (TPSA) is 76.0 Å². The molecule has 2 N–H and O–H groups in total. The van der Waals surface area contributed by atoms with Crippen LogP contribution in [0, 0.1) is 0 Å². The maximum Gasteiger partial charge on any atom is 0.239 e. The van der Waals surface area contributed by atoms with Crippen LogP contribution in [0.1, 0.15) is 26.0 Å². The van der Waals surface area contributed by atoms with Gasteiger partial charge in [-0.3, -0.25) is 14.3 Å². The second-order valence-electron chi connectivity index (χ2n) is 4.87. The van der Waals surface area contributed by atoms with E-state index in [4.69, 9.17) is 0 Å². The predicted molar refractivity (Wildman–Crippen MR) is 80.6 cm³/mol. The van der Waals surface area contributed by atoms with Gasteiger partial charge in [0, 0.05) is 18.9 Å². The first-order valence-electron chi connectivity index (χ1n) is 7.07. The Hall–Kier alpha value is -2.37. The molecule has 0 atom stereocenters. The fourth-order valence-electron chi connectivity index (χ4n) is 2.16. The standard InChI is InChI=1S/C15H20N4O2/c1-3-8-19-14-7-5-4-6-12(14)13(18-19)9-17-15(21)10-16-11(2)20/h4-7H,3,8-10H2,1-2H3,(H,16,20)(H,17,21). The Balaban J connectivity index is 2.08. The van der Waals surface area contributed by atoms with Gasteiger partial charge in [-0.25, -0.2) is 0 Å². The van der Waals surface area contributed by atoms with Gasteiger partial charge in [0.25, 0.3) is 0 Å². The number of rotatable bonds is 6. The van der Waals surface area contributed by atoms with Crippen molar-refractivity contribution in [2.45, 2.75) is 33.4 Å². The number of nitrogens with one attached hydrogen (secondary N) is 2. The molecule has 0 aliphatic heterocycles. The summed E-state index contributed by atoms with van der Waals surface area (Å²) >= 11 is 0. The van der Waals surface area contributed by atoms with E-state index in [1.165, 1.54) is 6.92 Å². The Kier molecular flexibility index (Phi) is 4.92. The highest BCUT2D eigenvalue weighted by molar-refractivity contribution is 5.85. The van der Waals surface area contributed by atoms with E-state index in [-0.39, 0.29) is 18.4 Å². The highest BCUT2D eigenvalue weighted by Gasteiger charge is 2.10. The van der Waals surface area contributed by atoms with Crippen molar-refractivity contribution in [2.75, 3.05) is 6.54 Å². The molecule has 0 aliphatic carbocycles. The van der Waals surface area contributed by atoms with E-state index in [9.17, 15) is 9.59 Å². The van der Waals surface area contributed by atoms with Crippen molar-refractivity contribution in [1.82, 2.24) is 20.4 Å². The second kappa shape index (κ2) is 6.88. The molecule has 0 fully saturated rings. The van der Waals surface area contributed by atoms with E-state index in [0.29, 0.717) is 6.54 Å². The molecule has 6 nitrogen and oxygen atoms in total. The largest absolute Gasteiger partial charge is 0.349 e. The maximum absolute atomic E-state index is 11.6. The third-order valence-electron chi connectivity index (χ3n) is 3.12. The van der Waals surface area contributed by atoms with Gasteiger partial charge in [-0.15, -0.1) is 0 Å². The zero-order valence-corrected chi connectivity index (χ0v) is 12.3. The lowest BCUT2D eigenvalue weighted by molar-refractivity contribution is -0.125. The number of aromatic nitrogens is 2. The Morgan fingerprint density at radius 1 is 1.24 bits per heavy atom. The molecule has 0 radical (unpaired) electrons. The number of amides is 2. The van der Waals surface area contributed by atoms with Gasteiger partial charge in [-0.05, 0) is 12.5 Å². The molecular formula is C15H20N4O2. The first-order chi connectivity index (χ1) is 10.1. The minimum absolute atomic E-state index is 0.0110. The van der Waals surface area contributed by atoms with E-state index in [2.05, 4.69) is 22.7 Å². The normalized spacial score (nSPS) is 10.6. The van der Waals surface area contributed by atoms with E-state index in [0.717, 1.165) is 29.6 Å². The van der Waals surface area contributed by atoms with Crippen LogP contribution < -0.4 is 10.6 Å². The first kappa shape index (κ1) is 15.0. The van der Waals surface area contributed by atoms with E-state index >= 15 is 0 Å². The third kappa shape index (κ3) is 3.81. The molecule has 0 saturated carbocycles. The zero-order chi connectivity index (χ0) is 15.2. The number of aryl methyl sites for hydroxylation is 1. The van der Waals surface area contributed by atoms with Gasteiger partial charge in [0.05, 0.1) is 24.3 Å². The van der Waals surface area contributed by atoms with E-state index < -0.39 is 0 Å². The van der Waals surface area contributed by atoms with Crippen LogP contribution in [0.5, 0.6) is 0 Å². The van der Waals surface area contributed by atoms with Crippen LogP contribution >= 0.6 is 0 Å². The molecule has 0 spiro atoms. The Bertz CT molecular complexity index is 648. The average molecular weight is 288 g/mol. The van der Waals surface area contributed by atoms with Gasteiger partial charge >= 0.3 is 0 Å². The second-order valence-corrected chi connectivity index (χ2v) is 4.87. The number of carbonyl (C=O) groups excluding carboxylic acids is 2. The summed E-state index contributed by atoms with van der Waals surface area (Å²) < 4.78 is 1.96. The monoisotopic (exact) mass is 288 g/mol. The minimum atomic E-state index is -0.223. The van der Waals surface area contributed by atoms with Gasteiger partial charge in [-0.1, -0.05) is 25.1 Å². The quantitative estimate of drug-likeness (QED) is 0.838. The molecule has 0 aliphatic rings. The Morgan fingerprint density at radius 3 is 2.71 bits per heavy atom. The summed E-state index contributed by atoms with van der Waals surface area (Å²) in [6.45, 7) is 4.68. The van der Waals surface area contributed by atoms with Crippen LogP contribution in [0.2, 0.25) is 0 Å². The average Bonchev–Trinajstić information content (AvgIpc) is 2.82. The van der Waals surface area contributed by atoms with Crippen LogP contribution in [-0.2, 0) is 22.7 Å². The summed E-state index contributed by atoms with van der Waals surface area (Å²) in [5.41, 5.74) is 1.92. The molecule has 2 amide bonds. The molecule has 0 saturated heterocycles. The molecule has 0 bridgehead atoms. The Labute approximate surface area is 123 Å². The highest BCUT2D eigenvalue weighted by atomic mass is 16.2. The van der Waals surface area contributed by atoms with Crippen molar-refractivity contribution < 1.29 is 9.59 Å². The molecule has 21 heavy (non-hydrogen) atoms. The summed E-state index contributed by atoms with van der Waals surface area (Å²) in [5.74, 6) is -0.442. The summed E-state index contributed by atoms with van der Waals surface area (Å²) in [5, 5.41) is 10.8. The highest BCUT2D eigenvalue weighted by Crippen LogP contribution is 2.18. The summed E-state index contributed by atoms with van der Waals surface area (Å²) in [6.07, 6.45) is 1.00. The lowest BCUT2D eigenvalue weighted by atomic mass is 10.2. The van der Waals surface area contributed by atoms with Crippen LogP contribution in [0.25, 0.3) is 10.9 Å². The number of fused-ring (bicyclic) bond motifs is 1. The van der Waals surface area contributed by atoms with Crippen molar-refractivity contribution in [3.05, 3.63) is 30.0 Å². The molecule has 112 valence electrons. The molecule has 2 aromatic rings. The minimum Gasteiger partial charge on any atom is -0.349 e. The van der Waals surface area contributed by atoms with Gasteiger partial charge in [0.2, 0.25) is 11.8 Å². The fraction of sp³-hybridized carbons (Fsp3) is 0.400. The number of para-hydroxylation sites is 1. The van der Waals surface area contributed by atoms with Crippen molar-refractivity contribution >= 4 is 22.7 Å². The van der Waals surface area contributed by atoms with Gasteiger partial charge in [-0.2, -0.15) is 5.10 Å². The van der Waals surface area contributed by atoms with Crippen LogP contribution in [0.4, 0.5) is 0 Å². The number of benzene rings is 1. The SMILES string of the molecule is CCCn1nc(CNC(=O)CNC(C)=O)c2ccccc21. The molecule has 2 rings (SSSR count). The van der Waals surface area contributed by atoms with Crippen LogP contribution in [-0.4, -0.2) is 28.1 Å². The molecular weight excluding hydrogens is 268 g/mol. The van der Waals surface area contributed by atoms with Gasteiger partial charge in [0.15, 0.2) is 0 Å². The number of hydrogen-bond acceptors (Lipinski definition) is 3. The van der Waals surface area contributed by atoms with E-state index in [1.54, 1.807) is 0 Å². The van der Waals surface area contributed by atoms with E-state index in [1.807, 2.05) is 28.9 Å². The van der Waals surface area contributed by atoms with Crippen molar-refractivity contribution in [3.63, 3.8) is 0 Å². The number of hydrogen-bond donors (Lipinski definition) is 2. The summed E-state index contributed by atoms with van der Waals surface area (Å²) in [7, 11) is 0. The smallest absolute Gasteiger partial charge is 0.239 e.